The third-order valence-corrected chi connectivity index (χ3v) is 6.16. The van der Waals surface area contributed by atoms with Crippen molar-refractivity contribution in [3.05, 3.63) is 53.1 Å². The number of anilines is 2. The molecule has 0 amide bonds. The van der Waals surface area contributed by atoms with Crippen LogP contribution in [0, 0.1) is 6.92 Å². The van der Waals surface area contributed by atoms with Gasteiger partial charge in [0.25, 0.3) is 10.0 Å². The summed E-state index contributed by atoms with van der Waals surface area (Å²) in [6.07, 6.45) is 1.25. The Kier molecular flexibility index (Phi) is 5.22. The van der Waals surface area contributed by atoms with E-state index in [4.69, 9.17) is 16.3 Å². The zero-order chi connectivity index (χ0) is 18.0. The third kappa shape index (κ3) is 4.08. The number of sulfonamides is 1. The van der Waals surface area contributed by atoms with E-state index in [9.17, 15) is 8.42 Å². The lowest BCUT2D eigenvalue weighted by Crippen LogP contribution is -2.22. The fourth-order valence-electron chi connectivity index (χ4n) is 2.97. The van der Waals surface area contributed by atoms with Crippen molar-refractivity contribution in [2.75, 3.05) is 29.8 Å². The molecule has 1 atom stereocenters. The molecule has 1 heterocycles. The predicted octanol–water partition coefficient (Wildman–Crippen LogP) is 3.67. The van der Waals surface area contributed by atoms with Crippen LogP contribution in [0.3, 0.4) is 0 Å². The van der Waals surface area contributed by atoms with E-state index < -0.39 is 10.0 Å². The Labute approximate surface area is 153 Å². The van der Waals surface area contributed by atoms with E-state index in [1.165, 1.54) is 6.07 Å². The van der Waals surface area contributed by atoms with Gasteiger partial charge in [-0.3, -0.25) is 4.72 Å². The lowest BCUT2D eigenvalue weighted by molar-refractivity contribution is 0.121. The minimum absolute atomic E-state index is 0.187. The first-order valence-corrected chi connectivity index (χ1v) is 9.92. The number of benzene rings is 2. The molecule has 1 N–H and O–H groups in total. The van der Waals surface area contributed by atoms with Gasteiger partial charge in [0.2, 0.25) is 0 Å². The van der Waals surface area contributed by atoms with E-state index in [1.807, 2.05) is 12.1 Å². The molecular formula is C18H21ClN2O3S. The largest absolute Gasteiger partial charge is 0.380 e. The van der Waals surface area contributed by atoms with Crippen molar-refractivity contribution < 1.29 is 13.2 Å². The maximum absolute atomic E-state index is 12.6. The Morgan fingerprint density at radius 2 is 1.92 bits per heavy atom. The molecule has 2 aromatic rings. The molecule has 1 aliphatic heterocycles. The highest BCUT2D eigenvalue weighted by Gasteiger charge is 2.22. The van der Waals surface area contributed by atoms with Crippen molar-refractivity contribution in [2.24, 2.45) is 0 Å². The van der Waals surface area contributed by atoms with Gasteiger partial charge in [0.15, 0.2) is 0 Å². The second-order valence-corrected chi connectivity index (χ2v) is 8.24. The molecule has 25 heavy (non-hydrogen) atoms. The van der Waals surface area contributed by atoms with Crippen molar-refractivity contribution >= 4 is 33.0 Å². The van der Waals surface area contributed by atoms with Crippen molar-refractivity contribution in [2.45, 2.75) is 24.3 Å². The Morgan fingerprint density at radius 3 is 2.56 bits per heavy atom. The van der Waals surface area contributed by atoms with Gasteiger partial charge in [0.05, 0.1) is 11.0 Å². The van der Waals surface area contributed by atoms with E-state index >= 15 is 0 Å². The lowest BCUT2D eigenvalue weighted by atomic mass is 10.2. The monoisotopic (exact) mass is 380 g/mol. The molecule has 7 heteroatoms. The number of hydrogen-bond acceptors (Lipinski definition) is 4. The first-order chi connectivity index (χ1) is 11.9. The number of nitrogens with one attached hydrogen (secondary N) is 1. The van der Waals surface area contributed by atoms with Crippen molar-refractivity contribution in [1.29, 1.82) is 0 Å². The van der Waals surface area contributed by atoms with Gasteiger partial charge in [0.1, 0.15) is 0 Å². The molecule has 0 aromatic heterocycles. The summed E-state index contributed by atoms with van der Waals surface area (Å²) in [5.41, 5.74) is 2.23. The van der Waals surface area contributed by atoms with Crippen LogP contribution in [0.15, 0.2) is 47.4 Å². The summed E-state index contributed by atoms with van der Waals surface area (Å²) >= 11 is 5.94. The fourth-order valence-corrected chi connectivity index (χ4v) is 4.54. The lowest BCUT2D eigenvalue weighted by Gasteiger charge is -2.19. The van der Waals surface area contributed by atoms with Crippen LogP contribution in [-0.4, -0.2) is 34.7 Å². The summed E-state index contributed by atoms with van der Waals surface area (Å²) < 4.78 is 33.2. The zero-order valence-electron chi connectivity index (χ0n) is 14.2. The van der Waals surface area contributed by atoms with E-state index in [1.54, 1.807) is 38.3 Å². The Hall–Kier alpha value is -1.76. The molecule has 0 aliphatic carbocycles. The summed E-state index contributed by atoms with van der Waals surface area (Å²) in [6, 6.07) is 12.2. The standard InChI is InChI=1S/C18H21ClN2O3S/c1-13-3-4-14(19)11-18(13)25(22,23)20-15-5-7-16(8-6-15)21-10-9-17(12-21)24-2/h3-8,11,17,20H,9-10,12H2,1-2H3. The summed E-state index contributed by atoms with van der Waals surface area (Å²) in [4.78, 5) is 2.42. The quantitative estimate of drug-likeness (QED) is 0.859. The van der Waals surface area contributed by atoms with Gasteiger partial charge >= 0.3 is 0 Å². The highest BCUT2D eigenvalue weighted by Crippen LogP contribution is 2.26. The SMILES string of the molecule is COC1CCN(c2ccc(NS(=O)(=O)c3cc(Cl)ccc3C)cc2)C1. The topological polar surface area (TPSA) is 58.6 Å². The minimum Gasteiger partial charge on any atom is -0.380 e. The average molecular weight is 381 g/mol. The summed E-state index contributed by atoms with van der Waals surface area (Å²) in [7, 11) is -1.95. The molecule has 1 aliphatic rings. The molecule has 0 saturated carbocycles. The first-order valence-electron chi connectivity index (χ1n) is 8.06. The molecule has 5 nitrogen and oxygen atoms in total. The van der Waals surface area contributed by atoms with Crippen LogP contribution in [0.25, 0.3) is 0 Å². The van der Waals surface area contributed by atoms with Gasteiger partial charge in [-0.2, -0.15) is 0 Å². The van der Waals surface area contributed by atoms with Gasteiger partial charge in [-0.1, -0.05) is 17.7 Å². The number of rotatable bonds is 5. The molecule has 2 aromatic carbocycles. The molecule has 3 rings (SSSR count). The van der Waals surface area contributed by atoms with Crippen molar-refractivity contribution in [1.82, 2.24) is 0 Å². The molecule has 0 bridgehead atoms. The number of halogens is 1. The summed E-state index contributed by atoms with van der Waals surface area (Å²) in [5, 5.41) is 0.392. The van der Waals surface area contributed by atoms with Crippen LogP contribution in [-0.2, 0) is 14.8 Å². The number of aryl methyl sites for hydroxylation is 1. The van der Waals surface area contributed by atoms with E-state index in [0.717, 1.165) is 25.2 Å². The van der Waals surface area contributed by atoms with Gasteiger partial charge < -0.3 is 9.64 Å². The van der Waals surface area contributed by atoms with Crippen LogP contribution >= 0.6 is 11.6 Å². The number of nitrogens with zero attached hydrogens (tertiary/aromatic N) is 1. The third-order valence-electron chi connectivity index (χ3n) is 4.40. The number of ether oxygens (including phenoxy) is 1. The van der Waals surface area contributed by atoms with Crippen LogP contribution in [0.1, 0.15) is 12.0 Å². The van der Waals surface area contributed by atoms with Gasteiger partial charge in [-0.25, -0.2) is 8.42 Å². The predicted molar refractivity (Wildman–Crippen MR) is 101 cm³/mol. The molecule has 1 fully saturated rings. The second kappa shape index (κ2) is 7.23. The van der Waals surface area contributed by atoms with Crippen molar-refractivity contribution in [3.8, 4) is 0 Å². The normalized spacial score (nSPS) is 17.7. The van der Waals surface area contributed by atoms with Crippen LogP contribution in [0.5, 0.6) is 0 Å². The second-order valence-electron chi connectivity index (χ2n) is 6.15. The fraction of sp³-hybridized carbons (Fsp3) is 0.333. The Morgan fingerprint density at radius 1 is 1.20 bits per heavy atom. The van der Waals surface area contributed by atoms with Crippen LogP contribution in [0.4, 0.5) is 11.4 Å². The van der Waals surface area contributed by atoms with Gasteiger partial charge in [-0.05, 0) is 55.3 Å². The molecule has 134 valence electrons. The molecule has 1 unspecified atom stereocenters. The molecular weight excluding hydrogens is 360 g/mol. The average Bonchev–Trinajstić information content (AvgIpc) is 3.06. The van der Waals surface area contributed by atoms with E-state index in [0.29, 0.717) is 16.3 Å². The van der Waals surface area contributed by atoms with Gasteiger partial charge in [-0.15, -0.1) is 0 Å². The van der Waals surface area contributed by atoms with Gasteiger partial charge in [0, 0.05) is 36.6 Å². The molecule has 0 spiro atoms. The van der Waals surface area contributed by atoms with Crippen LogP contribution in [0.2, 0.25) is 5.02 Å². The minimum atomic E-state index is -3.68. The van der Waals surface area contributed by atoms with E-state index in [-0.39, 0.29) is 11.0 Å². The first kappa shape index (κ1) is 18.0. The van der Waals surface area contributed by atoms with E-state index in [2.05, 4.69) is 9.62 Å². The summed E-state index contributed by atoms with van der Waals surface area (Å²) in [6.45, 7) is 3.53. The number of hydrogen-bond donors (Lipinski definition) is 1. The highest BCUT2D eigenvalue weighted by molar-refractivity contribution is 7.92. The number of methoxy groups -OCH3 is 1. The molecule has 1 saturated heterocycles. The highest BCUT2D eigenvalue weighted by atomic mass is 35.5. The maximum atomic E-state index is 12.6. The van der Waals surface area contributed by atoms with Crippen molar-refractivity contribution in [3.63, 3.8) is 0 Å². The maximum Gasteiger partial charge on any atom is 0.262 e. The zero-order valence-corrected chi connectivity index (χ0v) is 15.8. The Balaban J connectivity index is 1.76. The van der Waals surface area contributed by atoms with Crippen LogP contribution < -0.4 is 9.62 Å². The summed E-state index contributed by atoms with van der Waals surface area (Å²) in [5.74, 6) is 0. The Bertz CT molecular complexity index is 853. The smallest absolute Gasteiger partial charge is 0.262 e. The molecule has 0 radical (unpaired) electrons.